The first-order valence-corrected chi connectivity index (χ1v) is 12.4. The highest BCUT2D eigenvalue weighted by Crippen LogP contribution is 2.31. The summed E-state index contributed by atoms with van der Waals surface area (Å²) in [6, 6.07) is 18.8. The molecule has 40 heavy (non-hydrogen) atoms. The summed E-state index contributed by atoms with van der Waals surface area (Å²) in [6.45, 7) is 9.35. The number of carbonyl (C=O) groups is 3. The topological polar surface area (TPSA) is 110 Å². The molecule has 3 aromatic carbocycles. The van der Waals surface area contributed by atoms with Gasteiger partial charge in [0.2, 0.25) is 0 Å². The molecule has 1 fully saturated rings. The minimum Gasteiger partial charge on any atom is -0.478 e. The number of anilines is 3. The molecule has 8 nitrogen and oxygen atoms in total. The van der Waals surface area contributed by atoms with Gasteiger partial charge in [0.1, 0.15) is 0 Å². The van der Waals surface area contributed by atoms with Gasteiger partial charge in [0.25, 0.3) is 5.91 Å². The summed E-state index contributed by atoms with van der Waals surface area (Å²) in [4.78, 5) is 38.0. The Balaban J connectivity index is 0.000000559. The van der Waals surface area contributed by atoms with Crippen molar-refractivity contribution in [3.05, 3.63) is 88.5 Å². The van der Waals surface area contributed by atoms with Crippen molar-refractivity contribution in [2.45, 2.75) is 26.9 Å². The summed E-state index contributed by atoms with van der Waals surface area (Å²) in [5.41, 5.74) is 6.69. The third-order valence-corrected chi connectivity index (χ3v) is 6.45. The van der Waals surface area contributed by atoms with E-state index in [1.807, 2.05) is 25.1 Å². The third kappa shape index (κ3) is 7.52. The van der Waals surface area contributed by atoms with Crippen molar-refractivity contribution in [1.82, 2.24) is 0 Å². The van der Waals surface area contributed by atoms with E-state index < -0.39 is 18.1 Å². The highest BCUT2D eigenvalue weighted by molar-refractivity contribution is 6.07. The van der Waals surface area contributed by atoms with Crippen LogP contribution in [0.2, 0.25) is 0 Å². The zero-order valence-corrected chi connectivity index (χ0v) is 22.2. The van der Waals surface area contributed by atoms with E-state index in [1.54, 1.807) is 24.3 Å². The number of nitrogens with one attached hydrogen (secondary N) is 1. The summed E-state index contributed by atoms with van der Waals surface area (Å²) in [7, 11) is 0. The Labute approximate surface area is 229 Å². The molecule has 0 unspecified atom stereocenters. The number of aromatic carboxylic acids is 1. The summed E-state index contributed by atoms with van der Waals surface area (Å²) in [5.74, 6) is -4.02. The maximum atomic E-state index is 13.0. The van der Waals surface area contributed by atoms with E-state index in [0.717, 1.165) is 37.4 Å². The fraction of sp³-hybridized carbons (Fsp3) is 0.276. The molecule has 1 saturated heterocycles. The average molecular weight is 558 g/mol. The van der Waals surface area contributed by atoms with Crippen molar-refractivity contribution in [2.24, 2.45) is 0 Å². The first kappa shape index (κ1) is 30.0. The lowest BCUT2D eigenvalue weighted by Crippen LogP contribution is -2.47. The Morgan fingerprint density at radius 3 is 1.90 bits per heavy atom. The van der Waals surface area contributed by atoms with Crippen molar-refractivity contribution in [3.8, 4) is 0 Å². The van der Waals surface area contributed by atoms with Crippen molar-refractivity contribution in [3.63, 3.8) is 0 Å². The average Bonchev–Trinajstić information content (AvgIpc) is 2.90. The van der Waals surface area contributed by atoms with Crippen LogP contribution < -0.4 is 15.1 Å². The number of hydrogen-bond donors (Lipinski definition) is 3. The largest absolute Gasteiger partial charge is 0.490 e. The fourth-order valence-corrected chi connectivity index (χ4v) is 4.31. The lowest BCUT2D eigenvalue weighted by molar-refractivity contribution is -0.192. The van der Waals surface area contributed by atoms with Crippen LogP contribution in [0.25, 0.3) is 0 Å². The number of carboxylic acids is 2. The van der Waals surface area contributed by atoms with E-state index in [-0.39, 0.29) is 11.5 Å². The van der Waals surface area contributed by atoms with Gasteiger partial charge in [0.15, 0.2) is 0 Å². The van der Waals surface area contributed by atoms with E-state index >= 15 is 0 Å². The Morgan fingerprint density at radius 2 is 1.35 bits per heavy atom. The monoisotopic (exact) mass is 557 g/mol. The number of piperazine rings is 1. The van der Waals surface area contributed by atoms with Gasteiger partial charge in [-0.05, 0) is 67.8 Å². The van der Waals surface area contributed by atoms with E-state index in [4.69, 9.17) is 9.90 Å². The molecule has 4 rings (SSSR count). The van der Waals surface area contributed by atoms with E-state index in [9.17, 15) is 27.9 Å². The number of benzene rings is 3. The van der Waals surface area contributed by atoms with Gasteiger partial charge in [-0.3, -0.25) is 4.79 Å². The summed E-state index contributed by atoms with van der Waals surface area (Å²) < 4.78 is 31.7. The van der Waals surface area contributed by atoms with E-state index in [0.29, 0.717) is 11.3 Å². The Hall–Kier alpha value is -4.54. The molecule has 0 radical (unpaired) electrons. The fourth-order valence-electron chi connectivity index (χ4n) is 4.31. The van der Waals surface area contributed by atoms with E-state index in [2.05, 4.69) is 47.2 Å². The molecule has 1 amide bonds. The minimum atomic E-state index is -5.08. The van der Waals surface area contributed by atoms with Crippen LogP contribution in [0.3, 0.4) is 0 Å². The number of rotatable bonds is 5. The molecule has 11 heteroatoms. The standard InChI is InChI=1S/C27H29N3O3.C2HF3O2/c1-18-8-9-20(3)25(16-18)30-14-12-29(13-15-30)24-11-10-21(27(32)33)17-23(24)28-26(31)22-7-5-4-6-19(22)2;3-2(4,5)1(6)7/h4-11,16-17H,12-15H2,1-3H3,(H,28,31)(H,32,33);(H,6,7). The van der Waals surface area contributed by atoms with Crippen molar-refractivity contribution >= 4 is 34.9 Å². The van der Waals surface area contributed by atoms with Crippen LogP contribution in [0.1, 0.15) is 37.4 Å². The van der Waals surface area contributed by atoms with Gasteiger partial charge >= 0.3 is 18.1 Å². The van der Waals surface area contributed by atoms with Gasteiger partial charge < -0.3 is 25.3 Å². The second-order valence-corrected chi connectivity index (χ2v) is 9.37. The second-order valence-electron chi connectivity index (χ2n) is 9.37. The molecule has 3 N–H and O–H groups in total. The highest BCUT2D eigenvalue weighted by atomic mass is 19.4. The zero-order valence-electron chi connectivity index (χ0n) is 22.2. The molecule has 1 aliphatic rings. The van der Waals surface area contributed by atoms with Gasteiger partial charge in [-0.1, -0.05) is 30.3 Å². The minimum absolute atomic E-state index is 0.146. The number of aryl methyl sites for hydroxylation is 3. The predicted molar refractivity (Wildman–Crippen MR) is 147 cm³/mol. The molecule has 0 aromatic heterocycles. The van der Waals surface area contributed by atoms with Crippen molar-refractivity contribution in [2.75, 3.05) is 41.3 Å². The number of alkyl halides is 3. The zero-order chi connectivity index (χ0) is 29.6. The van der Waals surface area contributed by atoms with Crippen LogP contribution in [-0.2, 0) is 4.79 Å². The molecular weight excluding hydrogens is 527 g/mol. The molecular formula is C29H30F3N3O5. The molecule has 0 atom stereocenters. The Bertz CT molecular complexity index is 1400. The van der Waals surface area contributed by atoms with Crippen LogP contribution >= 0.6 is 0 Å². The first-order chi connectivity index (χ1) is 18.8. The summed E-state index contributed by atoms with van der Waals surface area (Å²) in [6.07, 6.45) is -5.08. The molecule has 0 saturated carbocycles. The molecule has 0 bridgehead atoms. The van der Waals surface area contributed by atoms with Gasteiger partial charge in [-0.2, -0.15) is 13.2 Å². The number of aliphatic carboxylic acids is 1. The maximum absolute atomic E-state index is 13.0. The third-order valence-electron chi connectivity index (χ3n) is 6.45. The smallest absolute Gasteiger partial charge is 0.478 e. The first-order valence-electron chi connectivity index (χ1n) is 12.4. The molecule has 1 heterocycles. The second kappa shape index (κ2) is 12.5. The number of amides is 1. The van der Waals surface area contributed by atoms with Gasteiger partial charge in [-0.15, -0.1) is 0 Å². The lowest BCUT2D eigenvalue weighted by Gasteiger charge is -2.38. The normalized spacial score (nSPS) is 13.2. The van der Waals surface area contributed by atoms with Crippen LogP contribution in [0, 0.1) is 20.8 Å². The number of halogens is 3. The van der Waals surface area contributed by atoms with Crippen LogP contribution in [-0.4, -0.2) is 60.4 Å². The summed E-state index contributed by atoms with van der Waals surface area (Å²) >= 11 is 0. The lowest BCUT2D eigenvalue weighted by atomic mass is 10.1. The molecule has 3 aromatic rings. The SMILES string of the molecule is Cc1ccc(C)c(N2CCN(c3ccc(C(=O)O)cc3NC(=O)c3ccccc3C)CC2)c1.O=C(O)C(F)(F)F. The number of carbonyl (C=O) groups excluding carboxylic acids is 1. The number of carboxylic acid groups (broad SMARTS) is 2. The van der Waals surface area contributed by atoms with Crippen LogP contribution in [0.5, 0.6) is 0 Å². The van der Waals surface area contributed by atoms with Gasteiger partial charge in [0, 0.05) is 37.4 Å². The van der Waals surface area contributed by atoms with E-state index in [1.165, 1.54) is 16.8 Å². The molecule has 212 valence electrons. The molecule has 0 spiro atoms. The van der Waals surface area contributed by atoms with Crippen molar-refractivity contribution < 1.29 is 37.8 Å². The Kier molecular flexibility index (Phi) is 9.41. The quantitative estimate of drug-likeness (QED) is 0.379. The van der Waals surface area contributed by atoms with Gasteiger partial charge in [0.05, 0.1) is 16.9 Å². The maximum Gasteiger partial charge on any atom is 0.490 e. The Morgan fingerprint density at radius 1 is 0.775 bits per heavy atom. The number of hydrogen-bond acceptors (Lipinski definition) is 5. The van der Waals surface area contributed by atoms with Crippen LogP contribution in [0.4, 0.5) is 30.2 Å². The van der Waals surface area contributed by atoms with Crippen molar-refractivity contribution in [1.29, 1.82) is 0 Å². The molecule has 0 aliphatic carbocycles. The summed E-state index contributed by atoms with van der Waals surface area (Å²) in [5, 5.41) is 19.6. The highest BCUT2D eigenvalue weighted by Gasteiger charge is 2.38. The number of nitrogens with zero attached hydrogens (tertiary/aromatic N) is 2. The van der Waals surface area contributed by atoms with Gasteiger partial charge in [-0.25, -0.2) is 9.59 Å². The molecule has 1 aliphatic heterocycles. The van der Waals surface area contributed by atoms with Crippen LogP contribution in [0.15, 0.2) is 60.7 Å². The predicted octanol–water partition coefficient (Wildman–Crippen LogP) is 5.52.